The third kappa shape index (κ3) is 11.2. The Morgan fingerprint density at radius 1 is 0.773 bits per heavy atom. The zero-order valence-corrected chi connectivity index (χ0v) is 36.8. The summed E-state index contributed by atoms with van der Waals surface area (Å²) in [5.41, 5.74) is 7.34. The van der Waals surface area contributed by atoms with E-state index >= 15 is 0 Å². The van der Waals surface area contributed by atoms with Crippen molar-refractivity contribution in [3.05, 3.63) is 113 Å². The van der Waals surface area contributed by atoms with Crippen LogP contribution < -0.4 is 16.0 Å². The number of anilines is 2. The van der Waals surface area contributed by atoms with Gasteiger partial charge in [-0.1, -0.05) is 30.3 Å². The number of aromatic nitrogens is 1. The first-order valence-electron chi connectivity index (χ1n) is 22.6. The molecule has 0 spiro atoms. The molecular weight excluding hydrogens is 849 g/mol. The van der Waals surface area contributed by atoms with E-state index in [-0.39, 0.29) is 67.7 Å². The van der Waals surface area contributed by atoms with Crippen LogP contribution in [0.15, 0.2) is 85.2 Å². The highest BCUT2D eigenvalue weighted by Gasteiger charge is 2.46. The molecule has 8 rings (SSSR count). The highest BCUT2D eigenvalue weighted by molar-refractivity contribution is 6.24. The van der Waals surface area contributed by atoms with Crippen LogP contribution in [0.5, 0.6) is 0 Å². The molecule has 0 radical (unpaired) electrons. The molecule has 1 aromatic heterocycles. The predicted octanol–water partition coefficient (Wildman–Crippen LogP) is 3.76. The first-order chi connectivity index (χ1) is 32.3. The van der Waals surface area contributed by atoms with Crippen molar-refractivity contribution in [3.8, 4) is 11.1 Å². The van der Waals surface area contributed by atoms with Crippen LogP contribution >= 0.6 is 0 Å². The third-order valence-electron chi connectivity index (χ3n) is 12.4. The summed E-state index contributed by atoms with van der Waals surface area (Å²) >= 11 is 0. The smallest absolute Gasteiger partial charge is 0.262 e. The molecule has 0 bridgehead atoms. The second kappa shape index (κ2) is 22.5. The lowest BCUT2D eigenvalue weighted by atomic mass is 9.82. The fourth-order valence-electron chi connectivity index (χ4n) is 9.23. The van der Waals surface area contributed by atoms with Crippen molar-refractivity contribution in [1.82, 2.24) is 20.1 Å². The second-order valence-corrected chi connectivity index (χ2v) is 16.6. The van der Waals surface area contributed by atoms with E-state index in [1.807, 2.05) is 36.7 Å². The van der Waals surface area contributed by atoms with Gasteiger partial charge in [0.05, 0.1) is 83.2 Å². The fourth-order valence-corrected chi connectivity index (χ4v) is 9.23. The minimum Gasteiger partial charge on any atom is -0.394 e. The number of hydrogen-bond acceptors (Lipinski definition) is 14. The molecule has 2 fully saturated rings. The van der Waals surface area contributed by atoms with E-state index in [9.17, 15) is 29.1 Å². The predicted molar refractivity (Wildman–Crippen MR) is 241 cm³/mol. The molecule has 348 valence electrons. The van der Waals surface area contributed by atoms with E-state index in [1.54, 1.807) is 18.2 Å². The maximum atomic E-state index is 13.3. The largest absolute Gasteiger partial charge is 0.394 e. The van der Waals surface area contributed by atoms with E-state index in [2.05, 4.69) is 56.2 Å². The maximum Gasteiger partial charge on any atom is 0.262 e. The van der Waals surface area contributed by atoms with Gasteiger partial charge >= 0.3 is 0 Å². The van der Waals surface area contributed by atoms with Crippen LogP contribution in [0, 0.1) is 5.92 Å². The molecule has 2 saturated heterocycles. The van der Waals surface area contributed by atoms with Crippen molar-refractivity contribution in [1.29, 1.82) is 0 Å². The topological polar surface area (TPSA) is 207 Å². The number of nitrogens with zero attached hydrogens (tertiary/aromatic N) is 3. The Balaban J connectivity index is 0.668. The lowest BCUT2D eigenvalue weighted by molar-refractivity contribution is -0.136. The molecule has 4 aromatic rings. The van der Waals surface area contributed by atoms with E-state index < -0.39 is 29.7 Å². The Morgan fingerprint density at radius 2 is 1.47 bits per heavy atom. The summed E-state index contributed by atoms with van der Waals surface area (Å²) in [4.78, 5) is 70.6. The Kier molecular flexibility index (Phi) is 15.9. The molecule has 4 aliphatic heterocycles. The number of rotatable bonds is 23. The number of carbonyl (C=O) groups excluding carboxylic acids is 5. The van der Waals surface area contributed by atoms with Gasteiger partial charge in [-0.05, 0) is 96.1 Å². The number of likely N-dealkylation sites (tertiary alicyclic amines) is 1. The highest BCUT2D eigenvalue weighted by atomic mass is 16.6. The lowest BCUT2D eigenvalue weighted by Crippen LogP contribution is -2.54. The van der Waals surface area contributed by atoms with E-state index in [0.717, 1.165) is 41.2 Å². The van der Waals surface area contributed by atoms with E-state index in [1.165, 1.54) is 11.1 Å². The number of carbonyl (C=O) groups is 5. The average molecular weight is 905 g/mol. The summed E-state index contributed by atoms with van der Waals surface area (Å²) in [5.74, 6) is -2.11. The molecule has 17 heteroatoms. The Hall–Kier alpha value is -5.92. The van der Waals surface area contributed by atoms with Gasteiger partial charge in [0.25, 0.3) is 11.8 Å². The molecule has 4 N–H and O–H groups in total. The number of amides is 5. The van der Waals surface area contributed by atoms with Crippen molar-refractivity contribution >= 4 is 40.9 Å². The first-order valence-corrected chi connectivity index (χ1v) is 22.6. The number of fused-ring (bicyclic) bond motifs is 4. The minimum absolute atomic E-state index is 0.00458. The van der Waals surface area contributed by atoms with Gasteiger partial charge in [0.1, 0.15) is 12.6 Å². The van der Waals surface area contributed by atoms with Gasteiger partial charge in [-0.3, -0.25) is 44.1 Å². The fraction of sp³-hybridized carbons (Fsp3) is 0.429. The van der Waals surface area contributed by atoms with Gasteiger partial charge in [-0.25, -0.2) is 0 Å². The Bertz CT molecular complexity index is 2370. The molecule has 66 heavy (non-hydrogen) atoms. The normalized spacial score (nSPS) is 20.2. The number of benzene rings is 3. The van der Waals surface area contributed by atoms with Gasteiger partial charge in [0, 0.05) is 48.7 Å². The van der Waals surface area contributed by atoms with Crippen molar-refractivity contribution in [2.45, 2.75) is 50.4 Å². The first kappa shape index (κ1) is 46.6. The van der Waals surface area contributed by atoms with Crippen LogP contribution in [0.2, 0.25) is 0 Å². The molecule has 1 unspecified atom stereocenters. The van der Waals surface area contributed by atoms with Gasteiger partial charge in [-0.2, -0.15) is 0 Å². The van der Waals surface area contributed by atoms with Crippen LogP contribution in [0.25, 0.3) is 11.1 Å². The number of aliphatic hydroxyl groups excluding tert-OH is 1. The van der Waals surface area contributed by atoms with E-state index in [4.69, 9.17) is 23.7 Å². The monoisotopic (exact) mass is 904 g/mol. The Morgan fingerprint density at radius 3 is 2.20 bits per heavy atom. The molecule has 0 aliphatic carbocycles. The van der Waals surface area contributed by atoms with Crippen LogP contribution in [-0.4, -0.2) is 141 Å². The number of imide groups is 2. The van der Waals surface area contributed by atoms with Crippen LogP contribution in [0.1, 0.15) is 62.7 Å². The number of nitrogens with one attached hydrogen (secondary N) is 3. The van der Waals surface area contributed by atoms with Gasteiger partial charge in [0.15, 0.2) is 0 Å². The van der Waals surface area contributed by atoms with Crippen molar-refractivity contribution in [2.24, 2.45) is 5.92 Å². The van der Waals surface area contributed by atoms with Crippen LogP contribution in [0.3, 0.4) is 0 Å². The van der Waals surface area contributed by atoms with Crippen LogP contribution in [0.4, 0.5) is 11.4 Å². The molecule has 17 nitrogen and oxygen atoms in total. The number of hydrogen-bond donors (Lipinski definition) is 4. The second-order valence-electron chi connectivity index (χ2n) is 16.6. The summed E-state index contributed by atoms with van der Waals surface area (Å²) in [6.45, 7) is 4.72. The quantitative estimate of drug-likeness (QED) is 0.0618. The molecule has 0 saturated carbocycles. The highest BCUT2D eigenvalue weighted by Crippen LogP contribution is 2.48. The minimum atomic E-state index is -1.01. The zero-order chi connectivity index (χ0) is 45.8. The molecule has 5 heterocycles. The molecule has 5 amide bonds. The van der Waals surface area contributed by atoms with Crippen molar-refractivity contribution in [3.63, 3.8) is 0 Å². The zero-order valence-electron chi connectivity index (χ0n) is 36.8. The standard InChI is InChI=1S/C49H56N6O11/c56-30-41-37-13-17-54(29-32-11-15-50-16-12-32)46(37)39-28-35(7-8-40(39)52-41)34-4-1-5-36(27-34)51-44(58)31-66-26-25-65-24-23-64-22-21-63-20-19-62-18-14-33-3-2-6-38-45(33)49(61)55(48(38)60)42-9-10-43(57)53-47(42)59/h1-8,11-12,15-16,27-28,37,41-42,46,52,56H,9-10,13-14,17-26,29-31H2,(H,51,58)(H,53,57,59)/t37-,41-,42?,46-/m1/s1. The van der Waals surface area contributed by atoms with Crippen molar-refractivity contribution in [2.75, 3.05) is 89.9 Å². The van der Waals surface area contributed by atoms with Gasteiger partial charge < -0.3 is 39.4 Å². The van der Waals surface area contributed by atoms with Crippen molar-refractivity contribution < 1.29 is 52.8 Å². The molecule has 4 aliphatic rings. The SMILES string of the molecule is O=C1CCC(N2C(=O)c3cccc(CCOCCOCCOCCOCCOCC(=O)Nc4cccc(-c5ccc6c(c5)[C@H]5[C@H](CCN5Cc5ccncc5)[C@@H](CO)N6)c4)c3C2=O)C(=O)N1. The average Bonchev–Trinajstić information content (AvgIpc) is 3.86. The molecule has 3 aromatic carbocycles. The van der Waals surface area contributed by atoms with Gasteiger partial charge in [0.2, 0.25) is 17.7 Å². The summed E-state index contributed by atoms with van der Waals surface area (Å²) in [6.07, 6.45) is 5.21. The molecular formula is C49H56N6O11. The van der Waals surface area contributed by atoms with Gasteiger partial charge in [-0.15, -0.1) is 0 Å². The number of pyridine rings is 1. The summed E-state index contributed by atoms with van der Waals surface area (Å²) in [5, 5.41) is 19.0. The Labute approximate surface area is 383 Å². The summed E-state index contributed by atoms with van der Waals surface area (Å²) < 4.78 is 27.9. The van der Waals surface area contributed by atoms with Crippen LogP contribution in [-0.2, 0) is 51.0 Å². The lowest BCUT2D eigenvalue weighted by Gasteiger charge is -2.39. The summed E-state index contributed by atoms with van der Waals surface area (Å²) in [7, 11) is 0. The summed E-state index contributed by atoms with van der Waals surface area (Å²) in [6, 6.07) is 22.5. The third-order valence-corrected chi connectivity index (χ3v) is 12.4. The maximum absolute atomic E-state index is 13.3. The molecule has 4 atom stereocenters. The number of ether oxygens (including phenoxy) is 5. The number of aliphatic hydroxyl groups is 1. The van der Waals surface area contributed by atoms with E-state index in [0.29, 0.717) is 70.5 Å². The number of piperidine rings is 1.